The third-order valence-corrected chi connectivity index (χ3v) is 5.31. The van der Waals surface area contributed by atoms with Gasteiger partial charge in [0.2, 0.25) is 5.91 Å². The van der Waals surface area contributed by atoms with E-state index < -0.39 is 18.0 Å². The summed E-state index contributed by atoms with van der Waals surface area (Å²) < 4.78 is 40.8. The van der Waals surface area contributed by atoms with Crippen LogP contribution in [0.1, 0.15) is 44.1 Å². The van der Waals surface area contributed by atoms with Crippen molar-refractivity contribution in [3.63, 3.8) is 0 Å². The molecule has 1 saturated heterocycles. The molecule has 1 amide bonds. The third-order valence-electron chi connectivity index (χ3n) is 5.31. The lowest BCUT2D eigenvalue weighted by Crippen LogP contribution is -2.44. The van der Waals surface area contributed by atoms with Gasteiger partial charge in [-0.1, -0.05) is 6.42 Å². The minimum absolute atomic E-state index is 0.0445. The molecule has 1 aromatic rings. The van der Waals surface area contributed by atoms with E-state index in [1.807, 2.05) is 17.8 Å². The summed E-state index contributed by atoms with van der Waals surface area (Å²) in [5.41, 5.74) is 1.06. The fraction of sp³-hybridized carbons (Fsp3) is 0.765. The molecule has 1 aliphatic carbocycles. The number of amides is 1. The van der Waals surface area contributed by atoms with Crippen LogP contribution < -0.4 is 0 Å². The Bertz CT molecular complexity index is 584. The molecule has 0 N–H and O–H groups in total. The number of carbonyl (C=O) groups excluding carboxylic acids is 1. The minimum atomic E-state index is -4.18. The maximum absolute atomic E-state index is 13.0. The van der Waals surface area contributed by atoms with Crippen LogP contribution in [0.2, 0.25) is 0 Å². The van der Waals surface area contributed by atoms with Crippen molar-refractivity contribution in [2.45, 2.75) is 64.2 Å². The highest BCUT2D eigenvalue weighted by Gasteiger charge is 2.45. The molecule has 0 spiro atoms. The molecule has 1 saturated carbocycles. The van der Waals surface area contributed by atoms with E-state index in [1.165, 1.54) is 0 Å². The van der Waals surface area contributed by atoms with Gasteiger partial charge in [0.05, 0.1) is 24.7 Å². The second kappa shape index (κ2) is 6.76. The van der Waals surface area contributed by atoms with Gasteiger partial charge in [0.1, 0.15) is 0 Å². The molecule has 1 aliphatic heterocycles. The first-order valence-corrected chi connectivity index (χ1v) is 8.71. The number of halogens is 3. The van der Waals surface area contributed by atoms with Crippen LogP contribution in [0.5, 0.6) is 0 Å². The Labute approximate surface area is 140 Å². The molecule has 0 aromatic carbocycles. The number of alkyl halides is 3. The van der Waals surface area contributed by atoms with Gasteiger partial charge in [-0.2, -0.15) is 18.3 Å². The first kappa shape index (κ1) is 17.3. The van der Waals surface area contributed by atoms with Crippen LogP contribution >= 0.6 is 0 Å². The van der Waals surface area contributed by atoms with E-state index in [-0.39, 0.29) is 24.8 Å². The second-order valence-corrected chi connectivity index (χ2v) is 7.17. The quantitative estimate of drug-likeness (QED) is 0.842. The van der Waals surface area contributed by atoms with Crippen molar-refractivity contribution in [1.82, 2.24) is 14.7 Å². The number of aromatic nitrogens is 2. The van der Waals surface area contributed by atoms with Crippen LogP contribution in [-0.2, 0) is 11.3 Å². The van der Waals surface area contributed by atoms with Gasteiger partial charge in [0, 0.05) is 18.7 Å². The van der Waals surface area contributed by atoms with Gasteiger partial charge in [-0.3, -0.25) is 9.48 Å². The number of aryl methyl sites for hydroxylation is 1. The fourth-order valence-electron chi connectivity index (χ4n) is 4.04. The highest BCUT2D eigenvalue weighted by atomic mass is 19.4. The monoisotopic (exact) mass is 343 g/mol. The van der Waals surface area contributed by atoms with Crippen molar-refractivity contribution < 1.29 is 18.0 Å². The SMILES string of the molecule is Cc1cnn(C[C@@H]2CCCN2C(=O)[C@@H]2CCC[C@@H](C(F)(F)F)C2)c1. The smallest absolute Gasteiger partial charge is 0.338 e. The van der Waals surface area contributed by atoms with Crippen LogP contribution in [0.3, 0.4) is 0 Å². The van der Waals surface area contributed by atoms with Gasteiger partial charge in [0.25, 0.3) is 0 Å². The maximum atomic E-state index is 13.0. The Morgan fingerprint density at radius 1 is 1.29 bits per heavy atom. The zero-order chi connectivity index (χ0) is 17.3. The Balaban J connectivity index is 1.64. The Morgan fingerprint density at radius 2 is 2.08 bits per heavy atom. The molecule has 134 valence electrons. The van der Waals surface area contributed by atoms with Gasteiger partial charge in [0.15, 0.2) is 0 Å². The molecule has 0 radical (unpaired) electrons. The van der Waals surface area contributed by atoms with Gasteiger partial charge >= 0.3 is 6.18 Å². The summed E-state index contributed by atoms with van der Waals surface area (Å²) in [4.78, 5) is 14.6. The summed E-state index contributed by atoms with van der Waals surface area (Å²) in [5.74, 6) is -1.89. The van der Waals surface area contributed by atoms with E-state index >= 15 is 0 Å². The average Bonchev–Trinajstić information content (AvgIpc) is 3.15. The average molecular weight is 343 g/mol. The summed E-state index contributed by atoms with van der Waals surface area (Å²) in [6.07, 6.45) is 2.49. The Kier molecular flexibility index (Phi) is 4.88. The molecule has 0 unspecified atom stereocenters. The molecule has 24 heavy (non-hydrogen) atoms. The molecule has 2 fully saturated rings. The number of likely N-dealkylation sites (tertiary alicyclic amines) is 1. The number of rotatable bonds is 3. The van der Waals surface area contributed by atoms with Crippen LogP contribution in [-0.4, -0.2) is 39.4 Å². The predicted octanol–water partition coefficient (Wildman–Crippen LogP) is 3.55. The highest BCUT2D eigenvalue weighted by Crippen LogP contribution is 2.41. The summed E-state index contributed by atoms with van der Waals surface area (Å²) in [6, 6.07) is 0.0445. The topological polar surface area (TPSA) is 38.1 Å². The lowest BCUT2D eigenvalue weighted by molar-refractivity contribution is -0.187. The zero-order valence-corrected chi connectivity index (χ0v) is 13.9. The van der Waals surface area contributed by atoms with E-state index in [4.69, 9.17) is 0 Å². The predicted molar refractivity (Wildman–Crippen MR) is 83.2 cm³/mol. The van der Waals surface area contributed by atoms with E-state index in [1.54, 1.807) is 11.1 Å². The Morgan fingerprint density at radius 3 is 2.75 bits per heavy atom. The van der Waals surface area contributed by atoms with Crippen LogP contribution in [0.25, 0.3) is 0 Å². The largest absolute Gasteiger partial charge is 0.391 e. The van der Waals surface area contributed by atoms with E-state index in [2.05, 4.69) is 5.10 Å². The zero-order valence-electron chi connectivity index (χ0n) is 13.9. The van der Waals surface area contributed by atoms with Crippen LogP contribution in [0.15, 0.2) is 12.4 Å². The molecule has 0 bridgehead atoms. The van der Waals surface area contributed by atoms with Crippen molar-refractivity contribution >= 4 is 5.91 Å². The normalized spacial score (nSPS) is 28.3. The molecule has 3 atom stereocenters. The second-order valence-electron chi connectivity index (χ2n) is 7.17. The standard InChI is InChI=1S/C17H24F3N3O/c1-12-9-21-22(10-12)11-15-6-3-7-23(15)16(24)13-4-2-5-14(8-13)17(18,19)20/h9-10,13-15H,2-8,11H2,1H3/t13-,14-,15+/m1/s1. The molecule has 2 aliphatic rings. The molecular formula is C17H24F3N3O. The summed E-state index contributed by atoms with van der Waals surface area (Å²) in [7, 11) is 0. The van der Waals surface area contributed by atoms with Crippen molar-refractivity contribution in [3.05, 3.63) is 18.0 Å². The highest BCUT2D eigenvalue weighted by molar-refractivity contribution is 5.79. The van der Waals surface area contributed by atoms with Crippen molar-refractivity contribution in [3.8, 4) is 0 Å². The first-order valence-electron chi connectivity index (χ1n) is 8.71. The maximum Gasteiger partial charge on any atom is 0.391 e. The molecule has 4 nitrogen and oxygen atoms in total. The fourth-order valence-corrected chi connectivity index (χ4v) is 4.04. The lowest BCUT2D eigenvalue weighted by Gasteiger charge is -2.34. The first-order chi connectivity index (χ1) is 11.3. The lowest BCUT2D eigenvalue weighted by atomic mass is 9.80. The van der Waals surface area contributed by atoms with Crippen LogP contribution in [0.4, 0.5) is 13.2 Å². The number of nitrogens with zero attached hydrogens (tertiary/aromatic N) is 3. The number of hydrogen-bond acceptors (Lipinski definition) is 2. The minimum Gasteiger partial charge on any atom is -0.338 e. The molecule has 3 rings (SSSR count). The molecule has 1 aromatic heterocycles. The molecule has 2 heterocycles. The summed E-state index contributed by atoms with van der Waals surface area (Å²) in [6.45, 7) is 3.23. The summed E-state index contributed by atoms with van der Waals surface area (Å²) >= 11 is 0. The van der Waals surface area contributed by atoms with E-state index in [0.29, 0.717) is 25.9 Å². The number of carbonyl (C=O) groups is 1. The van der Waals surface area contributed by atoms with Crippen molar-refractivity contribution in [2.75, 3.05) is 6.54 Å². The van der Waals surface area contributed by atoms with E-state index in [9.17, 15) is 18.0 Å². The third kappa shape index (κ3) is 3.75. The van der Waals surface area contributed by atoms with Gasteiger partial charge in [-0.15, -0.1) is 0 Å². The molecular weight excluding hydrogens is 319 g/mol. The van der Waals surface area contributed by atoms with Crippen molar-refractivity contribution in [1.29, 1.82) is 0 Å². The number of hydrogen-bond donors (Lipinski definition) is 0. The molecule has 7 heteroatoms. The van der Waals surface area contributed by atoms with Gasteiger partial charge < -0.3 is 4.90 Å². The Hall–Kier alpha value is -1.53. The van der Waals surface area contributed by atoms with Crippen LogP contribution in [0, 0.1) is 18.8 Å². The van der Waals surface area contributed by atoms with Gasteiger partial charge in [-0.05, 0) is 44.6 Å². The summed E-state index contributed by atoms with van der Waals surface area (Å²) in [5, 5.41) is 4.26. The van der Waals surface area contributed by atoms with E-state index in [0.717, 1.165) is 18.4 Å². The van der Waals surface area contributed by atoms with Gasteiger partial charge in [-0.25, -0.2) is 0 Å². The van der Waals surface area contributed by atoms with Crippen molar-refractivity contribution in [2.24, 2.45) is 11.8 Å².